The van der Waals surface area contributed by atoms with Gasteiger partial charge >= 0.3 is 13.1 Å². The van der Waals surface area contributed by atoms with Crippen LogP contribution >= 0.6 is 0 Å². The predicted molar refractivity (Wildman–Crippen MR) is 124 cm³/mol. The third-order valence-corrected chi connectivity index (χ3v) is 5.63. The summed E-state index contributed by atoms with van der Waals surface area (Å²) >= 11 is 0. The second kappa shape index (κ2) is 11.3. The average Bonchev–Trinajstić information content (AvgIpc) is 2.78. The molecule has 3 rings (SSSR count). The predicted octanol–water partition coefficient (Wildman–Crippen LogP) is 1.34. The van der Waals surface area contributed by atoms with Gasteiger partial charge in [0.05, 0.1) is 19.2 Å². The minimum absolute atomic E-state index is 0.154. The molecule has 9 heteroatoms. The van der Waals surface area contributed by atoms with Crippen LogP contribution in [0.2, 0.25) is 0 Å². The van der Waals surface area contributed by atoms with Gasteiger partial charge in [-0.25, -0.2) is 4.79 Å². The fourth-order valence-corrected chi connectivity index (χ4v) is 3.95. The SMILES string of the molecule is CC(C)C[C@@H](NC(=O)[C@H](Cc1cccc2ccccc12)NC(=O)N1CCOCC1)B(O)O. The van der Waals surface area contributed by atoms with Crippen molar-refractivity contribution >= 4 is 29.8 Å². The van der Waals surface area contributed by atoms with Gasteiger partial charge in [0.25, 0.3) is 0 Å². The van der Waals surface area contributed by atoms with Gasteiger partial charge in [-0.1, -0.05) is 56.3 Å². The fourth-order valence-electron chi connectivity index (χ4n) is 3.95. The molecule has 0 saturated carbocycles. The van der Waals surface area contributed by atoms with Crippen LogP contribution in [0.1, 0.15) is 25.8 Å². The topological polar surface area (TPSA) is 111 Å². The number of nitrogens with one attached hydrogen (secondary N) is 2. The van der Waals surface area contributed by atoms with Gasteiger partial charge < -0.3 is 30.3 Å². The molecule has 2 aromatic carbocycles. The highest BCUT2D eigenvalue weighted by Gasteiger charge is 2.31. The number of hydrogen-bond donors (Lipinski definition) is 4. The Bertz CT molecular complexity index is 912. The number of ether oxygens (including phenoxy) is 1. The van der Waals surface area contributed by atoms with E-state index >= 15 is 0 Å². The molecule has 1 aliphatic rings. The molecule has 0 aliphatic carbocycles. The lowest BCUT2D eigenvalue weighted by Crippen LogP contribution is -2.57. The lowest BCUT2D eigenvalue weighted by molar-refractivity contribution is -0.123. The Morgan fingerprint density at radius 2 is 1.75 bits per heavy atom. The third-order valence-electron chi connectivity index (χ3n) is 5.63. The largest absolute Gasteiger partial charge is 0.475 e. The quantitative estimate of drug-likeness (QED) is 0.462. The van der Waals surface area contributed by atoms with Gasteiger partial charge in [0.1, 0.15) is 6.04 Å². The zero-order valence-corrected chi connectivity index (χ0v) is 18.7. The Morgan fingerprint density at radius 1 is 1.06 bits per heavy atom. The maximum atomic E-state index is 13.2. The van der Waals surface area contributed by atoms with Gasteiger partial charge in [0.15, 0.2) is 0 Å². The van der Waals surface area contributed by atoms with E-state index in [-0.39, 0.29) is 18.4 Å². The molecular weight excluding hydrogens is 409 g/mol. The van der Waals surface area contributed by atoms with Crippen LogP contribution in [-0.2, 0) is 16.0 Å². The average molecular weight is 441 g/mol. The molecular formula is C23H32BN3O5. The normalized spacial score (nSPS) is 16.0. The van der Waals surface area contributed by atoms with Crippen molar-refractivity contribution in [3.63, 3.8) is 0 Å². The van der Waals surface area contributed by atoms with Crippen LogP contribution in [0.4, 0.5) is 4.79 Å². The number of morpholine rings is 1. The summed E-state index contributed by atoms with van der Waals surface area (Å²) in [6.07, 6.45) is 0.682. The molecule has 3 amide bonds. The third kappa shape index (κ3) is 6.45. The lowest BCUT2D eigenvalue weighted by Gasteiger charge is -2.30. The van der Waals surface area contributed by atoms with E-state index in [1.807, 2.05) is 56.3 Å². The molecule has 1 saturated heterocycles. The number of carbonyl (C=O) groups excluding carboxylic acids is 2. The molecule has 2 aromatic rings. The lowest BCUT2D eigenvalue weighted by atomic mass is 9.75. The maximum absolute atomic E-state index is 13.2. The van der Waals surface area contributed by atoms with E-state index in [4.69, 9.17) is 4.74 Å². The van der Waals surface area contributed by atoms with Crippen molar-refractivity contribution in [3.8, 4) is 0 Å². The first-order chi connectivity index (χ1) is 15.3. The minimum atomic E-state index is -1.69. The van der Waals surface area contributed by atoms with Crippen LogP contribution in [0.25, 0.3) is 10.8 Å². The smallest absolute Gasteiger partial charge is 0.426 e. The van der Waals surface area contributed by atoms with Crippen molar-refractivity contribution in [1.82, 2.24) is 15.5 Å². The maximum Gasteiger partial charge on any atom is 0.475 e. The highest BCUT2D eigenvalue weighted by atomic mass is 16.5. The second-order valence-corrected chi connectivity index (χ2v) is 8.60. The van der Waals surface area contributed by atoms with Crippen LogP contribution < -0.4 is 10.6 Å². The van der Waals surface area contributed by atoms with E-state index in [9.17, 15) is 19.6 Å². The first kappa shape index (κ1) is 24.0. The molecule has 0 spiro atoms. The summed E-state index contributed by atoms with van der Waals surface area (Å²) in [5.74, 6) is -1.11. The molecule has 0 bridgehead atoms. The molecule has 1 aliphatic heterocycles. The van der Waals surface area contributed by atoms with Gasteiger partial charge in [0, 0.05) is 19.5 Å². The molecule has 0 radical (unpaired) electrons. The van der Waals surface area contributed by atoms with Crippen molar-refractivity contribution < 1.29 is 24.4 Å². The summed E-state index contributed by atoms with van der Waals surface area (Å²) in [4.78, 5) is 27.7. The highest BCUT2D eigenvalue weighted by molar-refractivity contribution is 6.43. The summed E-state index contributed by atoms with van der Waals surface area (Å²) in [6, 6.07) is 12.5. The Labute approximate surface area is 189 Å². The van der Waals surface area contributed by atoms with E-state index in [1.54, 1.807) is 4.90 Å². The Balaban J connectivity index is 1.82. The minimum Gasteiger partial charge on any atom is -0.426 e. The van der Waals surface area contributed by atoms with Gasteiger partial charge in [-0.3, -0.25) is 4.79 Å². The summed E-state index contributed by atoms with van der Waals surface area (Å²) in [5.41, 5.74) is 0.926. The molecule has 0 aromatic heterocycles. The van der Waals surface area contributed by atoms with Crippen LogP contribution in [0, 0.1) is 5.92 Å². The molecule has 172 valence electrons. The van der Waals surface area contributed by atoms with E-state index in [1.165, 1.54) is 0 Å². The molecule has 1 heterocycles. The van der Waals surface area contributed by atoms with Crippen molar-refractivity contribution in [1.29, 1.82) is 0 Å². The van der Waals surface area contributed by atoms with Crippen molar-refractivity contribution in [3.05, 3.63) is 48.0 Å². The number of benzene rings is 2. The number of amides is 3. The summed E-state index contributed by atoms with van der Waals surface area (Å²) in [7, 11) is -1.69. The standard InChI is InChI=1S/C23H32BN3O5/c1-16(2)14-21(24(30)31)26-22(28)20(25-23(29)27-10-12-32-13-11-27)15-18-8-5-7-17-6-3-4-9-19(17)18/h3-9,16,20-21,30-31H,10-15H2,1-2H3,(H,25,29)(H,26,28)/t20-,21+/m0/s1. The van der Waals surface area contributed by atoms with Crippen LogP contribution in [-0.4, -0.2) is 72.3 Å². The monoisotopic (exact) mass is 441 g/mol. The van der Waals surface area contributed by atoms with E-state index in [0.29, 0.717) is 32.7 Å². The highest BCUT2D eigenvalue weighted by Crippen LogP contribution is 2.20. The Morgan fingerprint density at radius 3 is 2.44 bits per heavy atom. The van der Waals surface area contributed by atoms with Crippen LogP contribution in [0.15, 0.2) is 42.5 Å². The van der Waals surface area contributed by atoms with Gasteiger partial charge in [0.2, 0.25) is 5.91 Å². The number of hydrogen-bond acceptors (Lipinski definition) is 5. The van der Waals surface area contributed by atoms with Gasteiger partial charge in [-0.15, -0.1) is 0 Å². The first-order valence-electron chi connectivity index (χ1n) is 11.1. The number of fused-ring (bicyclic) bond motifs is 1. The zero-order valence-electron chi connectivity index (χ0n) is 18.7. The Hall–Kier alpha value is -2.62. The number of rotatable bonds is 8. The summed E-state index contributed by atoms with van der Waals surface area (Å²) in [5, 5.41) is 27.1. The van der Waals surface area contributed by atoms with Gasteiger partial charge in [-0.05, 0) is 28.7 Å². The molecule has 32 heavy (non-hydrogen) atoms. The van der Waals surface area contributed by atoms with Crippen molar-refractivity contribution in [2.45, 2.75) is 38.7 Å². The molecule has 8 nitrogen and oxygen atoms in total. The Kier molecular flexibility index (Phi) is 8.49. The zero-order chi connectivity index (χ0) is 23.1. The van der Waals surface area contributed by atoms with Crippen LogP contribution in [0.3, 0.4) is 0 Å². The number of carbonyl (C=O) groups is 2. The molecule has 0 unspecified atom stereocenters. The van der Waals surface area contributed by atoms with Crippen LogP contribution in [0.5, 0.6) is 0 Å². The number of urea groups is 1. The molecule has 4 N–H and O–H groups in total. The van der Waals surface area contributed by atoms with Crippen molar-refractivity contribution in [2.75, 3.05) is 26.3 Å². The summed E-state index contributed by atoms with van der Waals surface area (Å²) < 4.78 is 5.31. The first-order valence-corrected chi connectivity index (χ1v) is 11.1. The van der Waals surface area contributed by atoms with E-state index in [2.05, 4.69) is 10.6 Å². The summed E-state index contributed by atoms with van der Waals surface area (Å²) in [6.45, 7) is 5.71. The number of nitrogens with zero attached hydrogens (tertiary/aromatic N) is 1. The van der Waals surface area contributed by atoms with Crippen molar-refractivity contribution in [2.24, 2.45) is 5.92 Å². The van der Waals surface area contributed by atoms with E-state index < -0.39 is 25.0 Å². The molecule has 1 fully saturated rings. The van der Waals surface area contributed by atoms with Gasteiger partial charge in [-0.2, -0.15) is 0 Å². The second-order valence-electron chi connectivity index (χ2n) is 8.60. The fraction of sp³-hybridized carbons (Fsp3) is 0.478. The van der Waals surface area contributed by atoms with E-state index in [0.717, 1.165) is 16.3 Å². The molecule has 2 atom stereocenters.